The van der Waals surface area contributed by atoms with E-state index >= 15 is 0 Å². The largest absolute Gasteiger partial charge is 0.478 e. The minimum Gasteiger partial charge on any atom is -0.478 e. The summed E-state index contributed by atoms with van der Waals surface area (Å²) in [6.45, 7) is 0.183. The van der Waals surface area contributed by atoms with Crippen LogP contribution in [0.1, 0.15) is 6.42 Å². The number of amides is 1. The summed E-state index contributed by atoms with van der Waals surface area (Å²) >= 11 is 0. The average molecular weight is 346 g/mol. The summed E-state index contributed by atoms with van der Waals surface area (Å²) in [7, 11) is -3.45. The molecular formula is C17H18N2O4S. The first kappa shape index (κ1) is 16.3. The highest BCUT2D eigenvalue weighted by Crippen LogP contribution is 2.33. The zero-order valence-electron chi connectivity index (χ0n) is 13.2. The molecule has 1 aliphatic heterocycles. The lowest BCUT2D eigenvalue weighted by Gasteiger charge is -2.20. The quantitative estimate of drug-likeness (QED) is 0.925. The molecule has 6 nitrogen and oxygen atoms in total. The maximum Gasteiger partial charge on any atom is 0.265 e. The number of hydrogen-bond donors (Lipinski definition) is 1. The third-order valence-electron chi connectivity index (χ3n) is 3.73. The Labute approximate surface area is 141 Å². The van der Waals surface area contributed by atoms with Crippen molar-refractivity contribution in [2.24, 2.45) is 0 Å². The summed E-state index contributed by atoms with van der Waals surface area (Å²) in [6.07, 6.45) is 0.646. The van der Waals surface area contributed by atoms with Crippen LogP contribution in [-0.4, -0.2) is 33.2 Å². The third-order valence-corrected chi connectivity index (χ3v) is 4.91. The van der Waals surface area contributed by atoms with Gasteiger partial charge in [0.25, 0.3) is 5.91 Å². The highest BCUT2D eigenvalue weighted by atomic mass is 32.2. The molecule has 0 fully saturated rings. The van der Waals surface area contributed by atoms with Crippen LogP contribution in [0, 0.1) is 0 Å². The molecule has 1 heterocycles. The van der Waals surface area contributed by atoms with Gasteiger partial charge in [-0.05, 0) is 24.3 Å². The van der Waals surface area contributed by atoms with Crippen LogP contribution in [-0.2, 0) is 14.8 Å². The smallest absolute Gasteiger partial charge is 0.265 e. The summed E-state index contributed by atoms with van der Waals surface area (Å²) in [5.41, 5.74) is 1.12. The van der Waals surface area contributed by atoms with Gasteiger partial charge in [-0.3, -0.25) is 9.10 Å². The summed E-state index contributed by atoms with van der Waals surface area (Å²) < 4.78 is 31.2. The number of rotatable bonds is 3. The normalized spacial score (nSPS) is 17.4. The molecule has 1 amide bonds. The lowest BCUT2D eigenvalue weighted by molar-refractivity contribution is -0.122. The Hall–Kier alpha value is -2.54. The van der Waals surface area contributed by atoms with Crippen LogP contribution < -0.4 is 14.4 Å². The van der Waals surface area contributed by atoms with E-state index in [2.05, 4.69) is 5.32 Å². The minimum atomic E-state index is -3.45. The third kappa shape index (κ3) is 3.51. The summed E-state index contributed by atoms with van der Waals surface area (Å²) in [5, 5.41) is 2.79. The molecular weight excluding hydrogens is 328 g/mol. The molecule has 1 aliphatic rings. The summed E-state index contributed by atoms with van der Waals surface area (Å²) in [6, 6.07) is 15.9. The average Bonchev–Trinajstić information content (AvgIpc) is 2.75. The van der Waals surface area contributed by atoms with E-state index in [1.807, 2.05) is 18.2 Å². The van der Waals surface area contributed by atoms with Crippen LogP contribution >= 0.6 is 0 Å². The molecule has 126 valence electrons. The first-order valence-electron chi connectivity index (χ1n) is 7.54. The van der Waals surface area contributed by atoms with Crippen LogP contribution in [0.25, 0.3) is 0 Å². The van der Waals surface area contributed by atoms with E-state index < -0.39 is 16.1 Å². The number of carbonyl (C=O) groups is 1. The SMILES string of the molecule is CS(=O)(=O)N1CCC(C(=O)Nc2ccccc2)Oc2ccccc21. The van der Waals surface area contributed by atoms with Crippen molar-refractivity contribution in [3.05, 3.63) is 54.6 Å². The van der Waals surface area contributed by atoms with Crippen molar-refractivity contribution in [1.29, 1.82) is 0 Å². The Kier molecular flexibility index (Phi) is 4.44. The first-order chi connectivity index (χ1) is 11.4. The molecule has 0 aromatic heterocycles. The second kappa shape index (κ2) is 6.52. The van der Waals surface area contributed by atoms with E-state index in [0.29, 0.717) is 17.1 Å². The summed E-state index contributed by atoms with van der Waals surface area (Å²) in [5.74, 6) is 0.0833. The molecule has 1 N–H and O–H groups in total. The van der Waals surface area contributed by atoms with Crippen molar-refractivity contribution in [3.63, 3.8) is 0 Å². The maximum absolute atomic E-state index is 12.5. The zero-order chi connectivity index (χ0) is 17.2. The number of nitrogens with zero attached hydrogens (tertiary/aromatic N) is 1. The molecule has 0 bridgehead atoms. The Morgan fingerprint density at radius 3 is 2.50 bits per heavy atom. The van der Waals surface area contributed by atoms with Gasteiger partial charge >= 0.3 is 0 Å². The van der Waals surface area contributed by atoms with Gasteiger partial charge in [0.05, 0.1) is 11.9 Å². The predicted molar refractivity (Wildman–Crippen MR) is 92.7 cm³/mol. The standard InChI is InChI=1S/C17H18N2O4S/c1-24(21,22)19-12-11-16(23-15-10-6-5-9-14(15)19)17(20)18-13-7-3-2-4-8-13/h2-10,16H,11-12H2,1H3,(H,18,20). The lowest BCUT2D eigenvalue weighted by Crippen LogP contribution is -2.35. The molecule has 0 saturated carbocycles. The van der Waals surface area contributed by atoms with Gasteiger partial charge in [-0.1, -0.05) is 30.3 Å². The van der Waals surface area contributed by atoms with Gasteiger partial charge in [-0.2, -0.15) is 0 Å². The molecule has 0 saturated heterocycles. The van der Waals surface area contributed by atoms with Gasteiger partial charge < -0.3 is 10.1 Å². The van der Waals surface area contributed by atoms with Gasteiger partial charge in [-0.15, -0.1) is 0 Å². The number of benzene rings is 2. The van der Waals surface area contributed by atoms with Crippen molar-refractivity contribution >= 4 is 27.3 Å². The highest BCUT2D eigenvalue weighted by Gasteiger charge is 2.30. The Bertz CT molecular complexity index is 837. The van der Waals surface area contributed by atoms with Gasteiger partial charge in [0.2, 0.25) is 10.0 Å². The van der Waals surface area contributed by atoms with Crippen LogP contribution in [0.15, 0.2) is 54.6 Å². The number of sulfonamides is 1. The van der Waals surface area contributed by atoms with Crippen LogP contribution in [0.2, 0.25) is 0 Å². The zero-order valence-corrected chi connectivity index (χ0v) is 14.0. The molecule has 24 heavy (non-hydrogen) atoms. The van der Waals surface area contributed by atoms with Crippen molar-refractivity contribution in [2.75, 3.05) is 22.4 Å². The molecule has 7 heteroatoms. The molecule has 0 aliphatic carbocycles. The number of carbonyl (C=O) groups excluding carboxylic acids is 1. The lowest BCUT2D eigenvalue weighted by atomic mass is 10.2. The van der Waals surface area contributed by atoms with E-state index in [1.165, 1.54) is 4.31 Å². The van der Waals surface area contributed by atoms with E-state index in [0.717, 1.165) is 6.26 Å². The number of para-hydroxylation sites is 3. The van der Waals surface area contributed by atoms with Gasteiger partial charge in [0.15, 0.2) is 6.10 Å². The molecule has 0 spiro atoms. The van der Waals surface area contributed by atoms with Gasteiger partial charge in [-0.25, -0.2) is 8.42 Å². The van der Waals surface area contributed by atoms with E-state index in [4.69, 9.17) is 4.74 Å². The molecule has 0 radical (unpaired) electrons. The summed E-state index contributed by atoms with van der Waals surface area (Å²) in [4.78, 5) is 12.5. The topological polar surface area (TPSA) is 75.7 Å². The molecule has 2 aromatic rings. The molecule has 1 atom stereocenters. The maximum atomic E-state index is 12.5. The van der Waals surface area contributed by atoms with E-state index in [-0.39, 0.29) is 18.9 Å². The number of ether oxygens (including phenoxy) is 1. The van der Waals surface area contributed by atoms with Crippen molar-refractivity contribution < 1.29 is 17.9 Å². The van der Waals surface area contributed by atoms with Crippen LogP contribution in [0.4, 0.5) is 11.4 Å². The fourth-order valence-electron chi connectivity index (χ4n) is 2.60. The molecule has 1 unspecified atom stereocenters. The first-order valence-corrected chi connectivity index (χ1v) is 9.39. The van der Waals surface area contributed by atoms with Crippen molar-refractivity contribution in [1.82, 2.24) is 0 Å². The number of hydrogen-bond acceptors (Lipinski definition) is 4. The van der Waals surface area contributed by atoms with Crippen LogP contribution in [0.5, 0.6) is 5.75 Å². The fraction of sp³-hybridized carbons (Fsp3) is 0.235. The fourth-order valence-corrected chi connectivity index (χ4v) is 3.55. The van der Waals surface area contributed by atoms with Gasteiger partial charge in [0, 0.05) is 18.7 Å². The monoisotopic (exact) mass is 346 g/mol. The van der Waals surface area contributed by atoms with Crippen LogP contribution in [0.3, 0.4) is 0 Å². The van der Waals surface area contributed by atoms with Crippen molar-refractivity contribution in [2.45, 2.75) is 12.5 Å². The second-order valence-electron chi connectivity index (χ2n) is 5.55. The molecule has 3 rings (SSSR count). The number of fused-ring (bicyclic) bond motifs is 1. The Balaban J connectivity index is 1.85. The highest BCUT2D eigenvalue weighted by molar-refractivity contribution is 7.92. The Morgan fingerprint density at radius 2 is 1.79 bits per heavy atom. The van der Waals surface area contributed by atoms with Gasteiger partial charge in [0.1, 0.15) is 5.75 Å². The van der Waals surface area contributed by atoms with E-state index in [9.17, 15) is 13.2 Å². The van der Waals surface area contributed by atoms with E-state index in [1.54, 1.807) is 36.4 Å². The predicted octanol–water partition coefficient (Wildman–Crippen LogP) is 2.24. The Morgan fingerprint density at radius 1 is 1.12 bits per heavy atom. The van der Waals surface area contributed by atoms with Crippen molar-refractivity contribution in [3.8, 4) is 5.75 Å². The minimum absolute atomic E-state index is 0.183. The second-order valence-corrected chi connectivity index (χ2v) is 7.46. The number of anilines is 2. The molecule has 2 aromatic carbocycles. The number of nitrogens with one attached hydrogen (secondary N) is 1.